The molecule has 1 saturated heterocycles. The lowest BCUT2D eigenvalue weighted by molar-refractivity contribution is 0.0569. The van der Waals surface area contributed by atoms with Crippen LogP contribution in [-0.4, -0.2) is 33.2 Å². The molecule has 2 aliphatic rings. The number of hydrogen-bond acceptors (Lipinski definition) is 3. The predicted molar refractivity (Wildman–Crippen MR) is 115 cm³/mol. The summed E-state index contributed by atoms with van der Waals surface area (Å²) in [5.41, 5.74) is 1.14. The van der Waals surface area contributed by atoms with Crippen molar-refractivity contribution in [2.75, 3.05) is 6.54 Å². The predicted octanol–water partition coefficient (Wildman–Crippen LogP) is 3.89. The highest BCUT2D eigenvalue weighted by atomic mass is 19.2. The molecule has 1 fully saturated rings. The molecule has 0 aliphatic carbocycles. The summed E-state index contributed by atoms with van der Waals surface area (Å²) < 4.78 is 31.0. The van der Waals surface area contributed by atoms with Gasteiger partial charge in [-0.15, -0.1) is 0 Å². The van der Waals surface area contributed by atoms with E-state index in [1.54, 1.807) is 15.6 Å². The number of carbonyl (C=O) groups is 1. The summed E-state index contributed by atoms with van der Waals surface area (Å²) in [6.07, 6.45) is 2.83. The third kappa shape index (κ3) is 3.06. The third-order valence-electron chi connectivity index (χ3n) is 6.62. The highest BCUT2D eigenvalue weighted by Gasteiger charge is 2.48. The quantitative estimate of drug-likeness (QED) is 0.626. The van der Waals surface area contributed by atoms with Crippen molar-refractivity contribution in [2.45, 2.75) is 37.3 Å². The van der Waals surface area contributed by atoms with E-state index in [1.165, 1.54) is 12.3 Å². The maximum Gasteiger partial charge on any atom is 0.272 e. The molecule has 7 heteroatoms. The van der Waals surface area contributed by atoms with E-state index in [2.05, 4.69) is 12.0 Å². The second kappa shape index (κ2) is 7.97. The maximum absolute atomic E-state index is 15.2. The Bertz CT molecular complexity index is 1240. The molecule has 0 spiro atoms. The van der Waals surface area contributed by atoms with Crippen LogP contribution >= 0.6 is 0 Å². The van der Waals surface area contributed by atoms with Gasteiger partial charge in [0.25, 0.3) is 5.91 Å². The van der Waals surface area contributed by atoms with Gasteiger partial charge in [0.2, 0.25) is 5.43 Å². The van der Waals surface area contributed by atoms with Gasteiger partial charge in [-0.25, -0.2) is 8.78 Å². The maximum atomic E-state index is 15.2. The first-order valence-electron chi connectivity index (χ1n) is 10.7. The number of carbonyl (C=O) groups excluding carboxylic acids is 1. The highest BCUT2D eigenvalue weighted by molar-refractivity contribution is 5.95. The van der Waals surface area contributed by atoms with Crippen LogP contribution in [0.15, 0.2) is 59.5 Å². The van der Waals surface area contributed by atoms with Gasteiger partial charge in [0.1, 0.15) is 5.69 Å². The fourth-order valence-corrected chi connectivity index (χ4v) is 5.24. The van der Waals surface area contributed by atoms with E-state index in [4.69, 9.17) is 0 Å². The van der Waals surface area contributed by atoms with Crippen LogP contribution in [0.1, 0.15) is 52.0 Å². The first kappa shape index (κ1) is 20.5. The average molecular weight is 434 g/mol. The lowest BCUT2D eigenvalue weighted by atomic mass is 9.79. The third-order valence-corrected chi connectivity index (χ3v) is 6.62. The molecule has 3 atom stereocenters. The van der Waals surface area contributed by atoms with E-state index in [0.29, 0.717) is 18.5 Å². The molecule has 1 aromatic heterocycles. The van der Waals surface area contributed by atoms with Crippen molar-refractivity contribution in [3.63, 3.8) is 0 Å². The van der Waals surface area contributed by atoms with Crippen molar-refractivity contribution in [1.29, 1.82) is 0 Å². The number of rotatable bonds is 4. The first-order chi connectivity index (χ1) is 15.5. The number of benzene rings is 2. The van der Waals surface area contributed by atoms with E-state index < -0.39 is 23.6 Å². The van der Waals surface area contributed by atoms with Gasteiger partial charge in [0.05, 0.1) is 18.3 Å². The van der Waals surface area contributed by atoms with Crippen LogP contribution in [0.3, 0.4) is 0 Å². The Morgan fingerprint density at radius 2 is 1.88 bits per heavy atom. The summed E-state index contributed by atoms with van der Waals surface area (Å²) in [6, 6.07) is 12.7. The van der Waals surface area contributed by atoms with Crippen LogP contribution in [0.5, 0.6) is 0 Å². The SMILES string of the molecule is [CH2]Cc1c2n(ncc1=O)[C@@H]([C@H](c1ccccc1)c1cccc(F)c1F)[C@H]1CCCN1C2=O. The van der Waals surface area contributed by atoms with Gasteiger partial charge in [-0.2, -0.15) is 5.10 Å². The van der Waals surface area contributed by atoms with Gasteiger partial charge < -0.3 is 4.90 Å². The van der Waals surface area contributed by atoms with Crippen LogP contribution in [0.2, 0.25) is 0 Å². The number of halogens is 2. The van der Waals surface area contributed by atoms with Crippen molar-refractivity contribution in [2.24, 2.45) is 0 Å². The fraction of sp³-hybridized carbons (Fsp3) is 0.280. The molecule has 3 aromatic rings. The van der Waals surface area contributed by atoms with Gasteiger partial charge in [-0.3, -0.25) is 14.3 Å². The first-order valence-corrected chi connectivity index (χ1v) is 10.7. The van der Waals surface area contributed by atoms with Crippen molar-refractivity contribution in [3.05, 3.63) is 106 Å². The van der Waals surface area contributed by atoms with Crippen molar-refractivity contribution in [1.82, 2.24) is 14.7 Å². The molecule has 5 nitrogen and oxygen atoms in total. The van der Waals surface area contributed by atoms with Crippen LogP contribution in [0.25, 0.3) is 0 Å². The van der Waals surface area contributed by atoms with Gasteiger partial charge >= 0.3 is 0 Å². The Kier molecular flexibility index (Phi) is 5.12. The fourth-order valence-electron chi connectivity index (χ4n) is 5.24. The summed E-state index contributed by atoms with van der Waals surface area (Å²) in [7, 11) is 0. The Morgan fingerprint density at radius 3 is 2.62 bits per heavy atom. The van der Waals surface area contributed by atoms with E-state index in [0.717, 1.165) is 18.1 Å². The van der Waals surface area contributed by atoms with Crippen LogP contribution in [0, 0.1) is 18.6 Å². The topological polar surface area (TPSA) is 55.2 Å². The number of fused-ring (bicyclic) bond motifs is 2. The zero-order chi connectivity index (χ0) is 22.4. The number of aromatic nitrogens is 2. The number of hydrogen-bond donors (Lipinski definition) is 0. The molecule has 32 heavy (non-hydrogen) atoms. The van der Waals surface area contributed by atoms with Crippen LogP contribution in [0.4, 0.5) is 8.78 Å². The van der Waals surface area contributed by atoms with Gasteiger partial charge in [0, 0.05) is 23.6 Å². The Balaban J connectivity index is 1.81. The van der Waals surface area contributed by atoms with Crippen molar-refractivity contribution < 1.29 is 13.6 Å². The van der Waals surface area contributed by atoms with Gasteiger partial charge in [-0.1, -0.05) is 42.5 Å². The lowest BCUT2D eigenvalue weighted by Gasteiger charge is -2.43. The van der Waals surface area contributed by atoms with Crippen LogP contribution < -0.4 is 5.43 Å². The number of nitrogens with zero attached hydrogens (tertiary/aromatic N) is 3. The van der Waals surface area contributed by atoms with E-state index in [-0.39, 0.29) is 35.1 Å². The molecule has 0 N–H and O–H groups in total. The normalized spacial score (nSPS) is 20.7. The molecule has 0 unspecified atom stereocenters. The molecule has 5 rings (SSSR count). The smallest absolute Gasteiger partial charge is 0.272 e. The van der Waals surface area contributed by atoms with E-state index in [1.807, 2.05) is 30.3 Å². The zero-order valence-corrected chi connectivity index (χ0v) is 17.4. The molecule has 163 valence electrons. The second-order valence-corrected chi connectivity index (χ2v) is 8.26. The molecular formula is C25H22F2N3O2. The Hall–Kier alpha value is -3.35. The molecule has 2 aliphatic heterocycles. The minimum atomic E-state index is -0.926. The van der Waals surface area contributed by atoms with Crippen molar-refractivity contribution >= 4 is 5.91 Å². The largest absolute Gasteiger partial charge is 0.332 e. The second-order valence-electron chi connectivity index (χ2n) is 8.26. The highest BCUT2D eigenvalue weighted by Crippen LogP contribution is 2.45. The summed E-state index contributed by atoms with van der Waals surface area (Å²) in [6.45, 7) is 4.38. The molecular weight excluding hydrogens is 412 g/mol. The van der Waals surface area contributed by atoms with Crippen molar-refractivity contribution in [3.8, 4) is 0 Å². The van der Waals surface area contributed by atoms with E-state index >= 15 is 4.39 Å². The summed E-state index contributed by atoms with van der Waals surface area (Å²) >= 11 is 0. The molecule has 0 saturated carbocycles. The molecule has 2 aromatic carbocycles. The Morgan fingerprint density at radius 1 is 1.09 bits per heavy atom. The minimum Gasteiger partial charge on any atom is -0.332 e. The summed E-state index contributed by atoms with van der Waals surface area (Å²) in [4.78, 5) is 27.6. The molecule has 3 heterocycles. The molecule has 1 radical (unpaired) electrons. The average Bonchev–Trinajstić information content (AvgIpc) is 3.30. The monoisotopic (exact) mass is 434 g/mol. The van der Waals surface area contributed by atoms with Crippen LogP contribution in [-0.2, 0) is 6.42 Å². The molecule has 1 amide bonds. The number of amides is 1. The van der Waals surface area contributed by atoms with Gasteiger partial charge in [-0.05, 0) is 37.8 Å². The minimum absolute atomic E-state index is 0.137. The Labute approximate surface area is 184 Å². The summed E-state index contributed by atoms with van der Waals surface area (Å²) in [5, 5.41) is 4.36. The standard InChI is InChI=1S/C25H22F2N3O2/c1-2-16-20(31)14-28-30-23(16)25(32)29-13-7-12-19(29)24(30)21(15-8-4-3-5-9-15)17-10-6-11-18(26)22(17)27/h3-6,8-11,14,19,21,24H,1-2,7,12-13H2/t19-,21-,24-/m1/s1. The van der Waals surface area contributed by atoms with E-state index in [9.17, 15) is 14.0 Å². The lowest BCUT2D eigenvalue weighted by Crippen LogP contribution is -2.51. The zero-order valence-electron chi connectivity index (χ0n) is 17.4. The summed E-state index contributed by atoms with van der Waals surface area (Å²) in [5.74, 6) is -2.70. The van der Waals surface area contributed by atoms with Gasteiger partial charge in [0.15, 0.2) is 11.6 Å². The molecule has 0 bridgehead atoms.